The van der Waals surface area contributed by atoms with Crippen LogP contribution >= 0.6 is 0 Å². The van der Waals surface area contributed by atoms with E-state index in [9.17, 15) is 9.59 Å². The molecule has 5 heteroatoms. The molecule has 0 radical (unpaired) electrons. The molecule has 0 heterocycles. The van der Waals surface area contributed by atoms with Crippen LogP contribution in [0.15, 0.2) is 48.5 Å². The van der Waals surface area contributed by atoms with Crippen molar-refractivity contribution in [2.45, 2.75) is 90.8 Å². The van der Waals surface area contributed by atoms with Crippen LogP contribution < -0.4 is 10.1 Å². The molecule has 184 valence electrons. The van der Waals surface area contributed by atoms with Gasteiger partial charge in [-0.1, -0.05) is 82.5 Å². The van der Waals surface area contributed by atoms with Crippen molar-refractivity contribution in [3.8, 4) is 5.75 Å². The van der Waals surface area contributed by atoms with Crippen molar-refractivity contribution in [2.75, 3.05) is 6.61 Å². The predicted octanol–water partition coefficient (Wildman–Crippen LogP) is 5.54. The van der Waals surface area contributed by atoms with Gasteiger partial charge in [0.2, 0.25) is 5.91 Å². The minimum Gasteiger partial charge on any atom is -0.484 e. The minimum atomic E-state index is -0.527. The van der Waals surface area contributed by atoms with Crippen LogP contribution in [0.4, 0.5) is 0 Å². The number of nitrogens with one attached hydrogen (secondary N) is 1. The maximum absolute atomic E-state index is 13.4. The highest BCUT2D eigenvalue weighted by Crippen LogP contribution is 2.24. The highest BCUT2D eigenvalue weighted by Gasteiger charge is 2.31. The number of ether oxygens (including phenoxy) is 1. The van der Waals surface area contributed by atoms with Crippen LogP contribution in [-0.4, -0.2) is 35.4 Å². The van der Waals surface area contributed by atoms with Gasteiger partial charge < -0.3 is 15.0 Å². The van der Waals surface area contributed by atoms with Crippen molar-refractivity contribution in [1.82, 2.24) is 10.2 Å². The second-order valence-corrected chi connectivity index (χ2v) is 10.5. The molecule has 2 amide bonds. The van der Waals surface area contributed by atoms with Crippen molar-refractivity contribution in [3.63, 3.8) is 0 Å². The maximum atomic E-state index is 13.4. The van der Waals surface area contributed by atoms with Crippen molar-refractivity contribution in [2.24, 2.45) is 0 Å². The first-order chi connectivity index (χ1) is 16.2. The van der Waals surface area contributed by atoms with Crippen molar-refractivity contribution in [3.05, 3.63) is 65.2 Å². The molecular formula is C29H40N2O3. The molecule has 1 aliphatic rings. The Morgan fingerprint density at radius 1 is 1.09 bits per heavy atom. The Bertz CT molecular complexity index is 956. The third-order valence-corrected chi connectivity index (χ3v) is 6.61. The summed E-state index contributed by atoms with van der Waals surface area (Å²) in [6, 6.07) is 15.7. The highest BCUT2D eigenvalue weighted by molar-refractivity contribution is 5.88. The number of carbonyl (C=O) groups is 2. The maximum Gasteiger partial charge on any atom is 0.261 e. The van der Waals surface area contributed by atoms with Crippen LogP contribution in [0, 0.1) is 6.92 Å². The fourth-order valence-corrected chi connectivity index (χ4v) is 4.57. The van der Waals surface area contributed by atoms with E-state index in [0.717, 1.165) is 36.8 Å². The number of amides is 2. The summed E-state index contributed by atoms with van der Waals surface area (Å²) in [5.74, 6) is 0.403. The number of hydrogen-bond acceptors (Lipinski definition) is 3. The van der Waals surface area contributed by atoms with E-state index in [1.54, 1.807) is 4.90 Å². The molecule has 0 unspecified atom stereocenters. The molecule has 0 saturated heterocycles. The highest BCUT2D eigenvalue weighted by atomic mass is 16.5. The third-order valence-electron chi connectivity index (χ3n) is 6.61. The number of rotatable bonds is 9. The van der Waals surface area contributed by atoms with Gasteiger partial charge in [0.25, 0.3) is 5.91 Å². The number of carbonyl (C=O) groups excluding carboxylic acids is 2. The summed E-state index contributed by atoms with van der Waals surface area (Å²) < 4.78 is 5.86. The molecule has 2 aromatic rings. The van der Waals surface area contributed by atoms with E-state index in [1.807, 2.05) is 56.3 Å². The van der Waals surface area contributed by atoms with Gasteiger partial charge in [-0.25, -0.2) is 0 Å². The lowest BCUT2D eigenvalue weighted by Gasteiger charge is -2.31. The van der Waals surface area contributed by atoms with Crippen LogP contribution in [0.5, 0.6) is 5.75 Å². The van der Waals surface area contributed by atoms with Crippen LogP contribution in [-0.2, 0) is 21.5 Å². The fourth-order valence-electron chi connectivity index (χ4n) is 4.57. The molecular weight excluding hydrogens is 424 g/mol. The second-order valence-electron chi connectivity index (χ2n) is 10.5. The molecule has 0 bridgehead atoms. The Morgan fingerprint density at radius 3 is 2.35 bits per heavy atom. The zero-order chi connectivity index (χ0) is 24.7. The van der Waals surface area contributed by atoms with Gasteiger partial charge in [-0.3, -0.25) is 9.59 Å². The molecule has 1 atom stereocenters. The van der Waals surface area contributed by atoms with Crippen LogP contribution in [0.1, 0.15) is 76.5 Å². The zero-order valence-electron chi connectivity index (χ0n) is 21.4. The van der Waals surface area contributed by atoms with Crippen molar-refractivity contribution >= 4 is 11.8 Å². The zero-order valence-corrected chi connectivity index (χ0v) is 21.4. The Labute approximate surface area is 204 Å². The average Bonchev–Trinajstić information content (AvgIpc) is 3.30. The molecule has 1 aliphatic carbocycles. The van der Waals surface area contributed by atoms with E-state index in [-0.39, 0.29) is 29.9 Å². The smallest absolute Gasteiger partial charge is 0.261 e. The molecule has 0 spiro atoms. The van der Waals surface area contributed by atoms with Gasteiger partial charge in [0.15, 0.2) is 6.61 Å². The first-order valence-electron chi connectivity index (χ1n) is 12.6. The summed E-state index contributed by atoms with van der Waals surface area (Å²) in [5.41, 5.74) is 3.40. The molecule has 0 aliphatic heterocycles. The Balaban J connectivity index is 1.74. The van der Waals surface area contributed by atoms with E-state index in [2.05, 4.69) is 32.2 Å². The van der Waals surface area contributed by atoms with Crippen LogP contribution in [0.25, 0.3) is 0 Å². The van der Waals surface area contributed by atoms with Gasteiger partial charge in [0.05, 0.1) is 0 Å². The number of aryl methyl sites for hydroxylation is 1. The largest absolute Gasteiger partial charge is 0.484 e. The summed E-state index contributed by atoms with van der Waals surface area (Å²) in [6.07, 6.45) is 4.88. The van der Waals surface area contributed by atoms with Crippen molar-refractivity contribution in [1.29, 1.82) is 0 Å². The predicted molar refractivity (Wildman–Crippen MR) is 137 cm³/mol. The quantitative estimate of drug-likeness (QED) is 0.530. The standard InChI is InChI=1S/C29H40N2O3/c1-6-26(28(33)30-24-12-7-8-13-24)31(19-22-11-9-10-21(2)18-22)27(32)20-34-25-16-14-23(15-17-25)29(3,4)5/h9-11,14-18,24,26H,6-8,12-13,19-20H2,1-5H3,(H,30,33)/t26-/m0/s1. The molecule has 1 N–H and O–H groups in total. The molecule has 34 heavy (non-hydrogen) atoms. The summed E-state index contributed by atoms with van der Waals surface area (Å²) in [7, 11) is 0. The van der Waals surface area contributed by atoms with Crippen molar-refractivity contribution < 1.29 is 14.3 Å². The number of hydrogen-bond donors (Lipinski definition) is 1. The second kappa shape index (κ2) is 11.5. The summed E-state index contributed by atoms with van der Waals surface area (Å²) in [5, 5.41) is 3.18. The number of nitrogens with zero attached hydrogens (tertiary/aromatic N) is 1. The lowest BCUT2D eigenvalue weighted by atomic mass is 9.87. The van der Waals surface area contributed by atoms with E-state index < -0.39 is 6.04 Å². The molecule has 3 rings (SSSR count). The lowest BCUT2D eigenvalue weighted by molar-refractivity contribution is -0.143. The van der Waals surface area contributed by atoms with Gasteiger partial charge in [-0.15, -0.1) is 0 Å². The van der Waals surface area contributed by atoms with Crippen LogP contribution in [0.3, 0.4) is 0 Å². The first-order valence-corrected chi connectivity index (χ1v) is 12.6. The topological polar surface area (TPSA) is 58.6 Å². The SMILES string of the molecule is CC[C@@H](C(=O)NC1CCCC1)N(Cc1cccc(C)c1)C(=O)COc1ccc(C(C)(C)C)cc1. The van der Waals surface area contributed by atoms with Crippen LogP contribution in [0.2, 0.25) is 0 Å². The molecule has 2 aromatic carbocycles. The van der Waals surface area contributed by atoms with Gasteiger partial charge in [-0.05, 0) is 54.9 Å². The fraction of sp³-hybridized carbons (Fsp3) is 0.517. The van der Waals surface area contributed by atoms with Gasteiger partial charge in [-0.2, -0.15) is 0 Å². The summed E-state index contributed by atoms with van der Waals surface area (Å²) in [4.78, 5) is 28.3. The average molecular weight is 465 g/mol. The van der Waals surface area contributed by atoms with E-state index in [1.165, 1.54) is 5.56 Å². The van der Waals surface area contributed by atoms with Gasteiger partial charge in [0.1, 0.15) is 11.8 Å². The minimum absolute atomic E-state index is 0.0555. The number of benzene rings is 2. The first kappa shape index (κ1) is 25.8. The Hall–Kier alpha value is -2.82. The van der Waals surface area contributed by atoms with E-state index in [4.69, 9.17) is 4.74 Å². The van der Waals surface area contributed by atoms with Gasteiger partial charge in [0, 0.05) is 12.6 Å². The normalized spacial score (nSPS) is 15.1. The van der Waals surface area contributed by atoms with E-state index >= 15 is 0 Å². The van der Waals surface area contributed by atoms with Gasteiger partial charge >= 0.3 is 0 Å². The third kappa shape index (κ3) is 7.09. The Morgan fingerprint density at radius 2 is 1.76 bits per heavy atom. The summed E-state index contributed by atoms with van der Waals surface area (Å²) in [6.45, 7) is 10.8. The Kier molecular flexibility index (Phi) is 8.76. The summed E-state index contributed by atoms with van der Waals surface area (Å²) >= 11 is 0. The monoisotopic (exact) mass is 464 g/mol. The lowest BCUT2D eigenvalue weighted by Crippen LogP contribution is -2.52. The molecule has 0 aromatic heterocycles. The molecule has 5 nitrogen and oxygen atoms in total. The molecule has 1 saturated carbocycles. The molecule has 1 fully saturated rings. The van der Waals surface area contributed by atoms with E-state index in [0.29, 0.717) is 18.7 Å².